The van der Waals surface area contributed by atoms with Crippen LogP contribution in [0.5, 0.6) is 0 Å². The zero-order chi connectivity index (χ0) is 13.5. The standard InChI is InChI=1S/C14H24N4O/c1-2-6-15-13-11-14(19)18(16-12-13)10-5-9-17-7-3-4-8-17/h11-12,15H,2-10H2,1H3. The first kappa shape index (κ1) is 14.1. The summed E-state index contributed by atoms with van der Waals surface area (Å²) in [4.78, 5) is 14.3. The molecule has 5 nitrogen and oxygen atoms in total. The highest BCUT2D eigenvalue weighted by Crippen LogP contribution is 2.07. The molecule has 5 heteroatoms. The lowest BCUT2D eigenvalue weighted by Gasteiger charge is -2.14. The predicted octanol–water partition coefficient (Wildman–Crippen LogP) is 1.55. The van der Waals surface area contributed by atoms with Crippen molar-refractivity contribution in [2.75, 3.05) is 31.5 Å². The summed E-state index contributed by atoms with van der Waals surface area (Å²) < 4.78 is 1.56. The first-order valence-corrected chi connectivity index (χ1v) is 7.33. The summed E-state index contributed by atoms with van der Waals surface area (Å²) in [5.41, 5.74) is 0.810. The quantitative estimate of drug-likeness (QED) is 0.812. The van der Waals surface area contributed by atoms with Gasteiger partial charge in [0.2, 0.25) is 0 Å². The van der Waals surface area contributed by atoms with Crippen LogP contribution in [-0.4, -0.2) is 40.9 Å². The summed E-state index contributed by atoms with van der Waals surface area (Å²) in [6.45, 7) is 7.18. The van der Waals surface area contributed by atoms with E-state index in [0.29, 0.717) is 6.54 Å². The van der Waals surface area contributed by atoms with Gasteiger partial charge in [-0.1, -0.05) is 6.92 Å². The van der Waals surface area contributed by atoms with Crippen molar-refractivity contribution in [1.82, 2.24) is 14.7 Å². The van der Waals surface area contributed by atoms with Gasteiger partial charge in [0.15, 0.2) is 0 Å². The van der Waals surface area contributed by atoms with E-state index < -0.39 is 0 Å². The number of nitrogens with zero attached hydrogens (tertiary/aromatic N) is 3. The average molecular weight is 264 g/mol. The van der Waals surface area contributed by atoms with Gasteiger partial charge in [-0.15, -0.1) is 0 Å². The van der Waals surface area contributed by atoms with Crippen LogP contribution >= 0.6 is 0 Å². The molecule has 0 bridgehead atoms. The first-order chi connectivity index (χ1) is 9.29. The van der Waals surface area contributed by atoms with Crippen LogP contribution in [0.15, 0.2) is 17.1 Å². The van der Waals surface area contributed by atoms with Crippen LogP contribution in [-0.2, 0) is 6.54 Å². The Bertz CT molecular complexity index is 437. The average Bonchev–Trinajstić information content (AvgIpc) is 2.92. The Morgan fingerprint density at radius 1 is 1.32 bits per heavy atom. The van der Waals surface area contributed by atoms with Crippen molar-refractivity contribution in [3.63, 3.8) is 0 Å². The largest absolute Gasteiger partial charge is 0.384 e. The van der Waals surface area contributed by atoms with Crippen molar-refractivity contribution in [2.24, 2.45) is 0 Å². The molecule has 1 saturated heterocycles. The molecule has 2 rings (SSSR count). The lowest BCUT2D eigenvalue weighted by Crippen LogP contribution is -2.26. The van der Waals surface area contributed by atoms with Gasteiger partial charge >= 0.3 is 0 Å². The summed E-state index contributed by atoms with van der Waals surface area (Å²) in [5, 5.41) is 7.40. The molecule has 1 aromatic heterocycles. The van der Waals surface area contributed by atoms with Crippen molar-refractivity contribution in [3.05, 3.63) is 22.6 Å². The van der Waals surface area contributed by atoms with Gasteiger partial charge in [-0.2, -0.15) is 5.10 Å². The number of anilines is 1. The van der Waals surface area contributed by atoms with Crippen LogP contribution < -0.4 is 10.9 Å². The van der Waals surface area contributed by atoms with Crippen molar-refractivity contribution in [2.45, 2.75) is 39.2 Å². The monoisotopic (exact) mass is 264 g/mol. The first-order valence-electron chi connectivity index (χ1n) is 7.33. The molecule has 1 N–H and O–H groups in total. The van der Waals surface area contributed by atoms with Gasteiger partial charge < -0.3 is 10.2 Å². The van der Waals surface area contributed by atoms with E-state index in [0.717, 1.165) is 31.6 Å². The highest BCUT2D eigenvalue weighted by atomic mass is 16.1. The Kier molecular flexibility index (Phi) is 5.39. The van der Waals surface area contributed by atoms with E-state index >= 15 is 0 Å². The minimum atomic E-state index is -0.0116. The Morgan fingerprint density at radius 2 is 2.11 bits per heavy atom. The Balaban J connectivity index is 1.81. The third-order valence-electron chi connectivity index (χ3n) is 3.49. The zero-order valence-electron chi connectivity index (χ0n) is 11.8. The van der Waals surface area contributed by atoms with Crippen molar-refractivity contribution < 1.29 is 0 Å². The van der Waals surface area contributed by atoms with Crippen LogP contribution in [0.3, 0.4) is 0 Å². The Hall–Kier alpha value is -1.36. The summed E-state index contributed by atoms with van der Waals surface area (Å²) in [5.74, 6) is 0. The second-order valence-electron chi connectivity index (χ2n) is 5.13. The van der Waals surface area contributed by atoms with Crippen LogP contribution in [0.25, 0.3) is 0 Å². The summed E-state index contributed by atoms with van der Waals surface area (Å²) in [6, 6.07) is 1.64. The molecule has 2 heterocycles. The number of hydrogen-bond donors (Lipinski definition) is 1. The molecule has 106 valence electrons. The fraction of sp³-hybridized carbons (Fsp3) is 0.714. The maximum absolute atomic E-state index is 11.9. The van der Waals surface area contributed by atoms with Gasteiger partial charge in [-0.25, -0.2) is 4.68 Å². The van der Waals surface area contributed by atoms with Gasteiger partial charge in [-0.05, 0) is 45.3 Å². The lowest BCUT2D eigenvalue weighted by atomic mass is 10.3. The van der Waals surface area contributed by atoms with E-state index in [4.69, 9.17) is 0 Å². The van der Waals surface area contributed by atoms with Crippen LogP contribution in [0.2, 0.25) is 0 Å². The van der Waals surface area contributed by atoms with E-state index in [1.54, 1.807) is 16.9 Å². The summed E-state index contributed by atoms with van der Waals surface area (Å²) in [6.07, 6.45) is 6.41. The molecule has 0 atom stereocenters. The third-order valence-corrected chi connectivity index (χ3v) is 3.49. The molecule has 0 aromatic carbocycles. The third kappa shape index (κ3) is 4.35. The molecule has 0 saturated carbocycles. The molecule has 0 radical (unpaired) electrons. The van der Waals surface area contributed by atoms with E-state index in [9.17, 15) is 4.79 Å². The van der Waals surface area contributed by atoms with E-state index in [1.165, 1.54) is 25.9 Å². The van der Waals surface area contributed by atoms with Crippen LogP contribution in [0.4, 0.5) is 5.69 Å². The lowest BCUT2D eigenvalue weighted by molar-refractivity contribution is 0.320. The van der Waals surface area contributed by atoms with Gasteiger partial charge in [0.25, 0.3) is 5.56 Å². The molecular formula is C14H24N4O. The number of hydrogen-bond acceptors (Lipinski definition) is 4. The number of rotatable bonds is 7. The fourth-order valence-corrected chi connectivity index (χ4v) is 2.42. The summed E-state index contributed by atoms with van der Waals surface area (Å²) >= 11 is 0. The molecular weight excluding hydrogens is 240 g/mol. The molecule has 19 heavy (non-hydrogen) atoms. The number of aromatic nitrogens is 2. The second-order valence-corrected chi connectivity index (χ2v) is 5.13. The SMILES string of the molecule is CCCNc1cnn(CCCN2CCCC2)c(=O)c1. The Morgan fingerprint density at radius 3 is 2.79 bits per heavy atom. The maximum atomic E-state index is 11.9. The second kappa shape index (κ2) is 7.28. The number of aryl methyl sites for hydroxylation is 1. The molecule has 1 aromatic rings. The molecule has 1 fully saturated rings. The molecule has 1 aliphatic rings. The minimum Gasteiger partial charge on any atom is -0.384 e. The van der Waals surface area contributed by atoms with E-state index in [1.807, 2.05) is 0 Å². The topological polar surface area (TPSA) is 50.2 Å². The fourth-order valence-electron chi connectivity index (χ4n) is 2.42. The molecule has 1 aliphatic heterocycles. The highest BCUT2D eigenvalue weighted by Gasteiger charge is 2.10. The minimum absolute atomic E-state index is 0.0116. The molecule has 0 unspecified atom stereocenters. The summed E-state index contributed by atoms with van der Waals surface area (Å²) in [7, 11) is 0. The molecule has 0 amide bonds. The molecule has 0 aliphatic carbocycles. The van der Waals surface area contributed by atoms with Gasteiger partial charge in [-0.3, -0.25) is 4.79 Å². The normalized spacial score (nSPS) is 15.8. The van der Waals surface area contributed by atoms with Crippen LogP contribution in [0.1, 0.15) is 32.6 Å². The predicted molar refractivity (Wildman–Crippen MR) is 77.6 cm³/mol. The molecule has 0 spiro atoms. The van der Waals surface area contributed by atoms with E-state index in [2.05, 4.69) is 22.2 Å². The van der Waals surface area contributed by atoms with Crippen molar-refractivity contribution in [3.8, 4) is 0 Å². The smallest absolute Gasteiger partial charge is 0.268 e. The maximum Gasteiger partial charge on any atom is 0.268 e. The van der Waals surface area contributed by atoms with Crippen LogP contribution in [0, 0.1) is 0 Å². The Labute approximate surface area is 114 Å². The van der Waals surface area contributed by atoms with E-state index in [-0.39, 0.29) is 5.56 Å². The highest BCUT2D eigenvalue weighted by molar-refractivity contribution is 5.38. The van der Waals surface area contributed by atoms with Crippen molar-refractivity contribution >= 4 is 5.69 Å². The van der Waals surface area contributed by atoms with Gasteiger partial charge in [0.05, 0.1) is 11.9 Å². The van der Waals surface area contributed by atoms with Gasteiger partial charge in [0, 0.05) is 19.2 Å². The van der Waals surface area contributed by atoms with Crippen molar-refractivity contribution in [1.29, 1.82) is 0 Å². The zero-order valence-corrected chi connectivity index (χ0v) is 11.8. The number of likely N-dealkylation sites (tertiary alicyclic amines) is 1. The van der Waals surface area contributed by atoms with Gasteiger partial charge in [0.1, 0.15) is 0 Å². The number of nitrogens with one attached hydrogen (secondary N) is 1.